The molecule has 21 heavy (non-hydrogen) atoms. The SMILES string of the molecule is COc1ccc(S(N)(=O)=O)cc1CC(=O)OC1CCCC1. The molecular weight excluding hydrogens is 294 g/mol. The average Bonchev–Trinajstić information content (AvgIpc) is 2.90. The van der Waals surface area contributed by atoms with E-state index in [-0.39, 0.29) is 23.4 Å². The van der Waals surface area contributed by atoms with Gasteiger partial charge in [-0.1, -0.05) is 0 Å². The summed E-state index contributed by atoms with van der Waals surface area (Å²) < 4.78 is 33.2. The van der Waals surface area contributed by atoms with Crippen molar-refractivity contribution in [2.24, 2.45) is 5.14 Å². The van der Waals surface area contributed by atoms with Crippen molar-refractivity contribution in [2.75, 3.05) is 7.11 Å². The number of carbonyl (C=O) groups is 1. The lowest BCUT2D eigenvalue weighted by Crippen LogP contribution is -2.17. The molecule has 0 spiro atoms. The largest absolute Gasteiger partial charge is 0.496 e. The zero-order valence-corrected chi connectivity index (χ0v) is 12.7. The Morgan fingerprint density at radius 2 is 2.00 bits per heavy atom. The summed E-state index contributed by atoms with van der Waals surface area (Å²) >= 11 is 0. The van der Waals surface area contributed by atoms with Crippen LogP contribution in [0, 0.1) is 0 Å². The Balaban J connectivity index is 2.15. The van der Waals surface area contributed by atoms with Crippen LogP contribution in [0.2, 0.25) is 0 Å². The van der Waals surface area contributed by atoms with E-state index in [1.807, 2.05) is 0 Å². The van der Waals surface area contributed by atoms with Gasteiger partial charge in [-0.05, 0) is 43.9 Å². The molecule has 1 aliphatic rings. The highest BCUT2D eigenvalue weighted by Crippen LogP contribution is 2.25. The van der Waals surface area contributed by atoms with Gasteiger partial charge < -0.3 is 9.47 Å². The minimum Gasteiger partial charge on any atom is -0.496 e. The monoisotopic (exact) mass is 313 g/mol. The predicted octanol–water partition coefficient (Wildman–Crippen LogP) is 1.37. The van der Waals surface area contributed by atoms with Crippen LogP contribution in [0.3, 0.4) is 0 Å². The van der Waals surface area contributed by atoms with Gasteiger partial charge in [0, 0.05) is 5.56 Å². The van der Waals surface area contributed by atoms with Gasteiger partial charge >= 0.3 is 5.97 Å². The standard InChI is InChI=1S/C14H19NO5S/c1-19-13-7-6-12(21(15,17)18)8-10(13)9-14(16)20-11-4-2-3-5-11/h6-8,11H,2-5,9H2,1H3,(H2,15,17,18). The molecule has 0 aromatic heterocycles. The van der Waals surface area contributed by atoms with Crippen molar-refractivity contribution in [1.29, 1.82) is 0 Å². The zero-order chi connectivity index (χ0) is 15.5. The average molecular weight is 313 g/mol. The summed E-state index contributed by atoms with van der Waals surface area (Å²) in [5.74, 6) is 0.0533. The maximum atomic E-state index is 11.9. The van der Waals surface area contributed by atoms with E-state index in [1.54, 1.807) is 0 Å². The Morgan fingerprint density at radius 3 is 2.57 bits per heavy atom. The van der Waals surface area contributed by atoms with E-state index in [4.69, 9.17) is 14.6 Å². The molecule has 0 bridgehead atoms. The summed E-state index contributed by atoms with van der Waals surface area (Å²) in [5.41, 5.74) is 0.451. The molecule has 1 aliphatic carbocycles. The molecule has 1 aromatic carbocycles. The van der Waals surface area contributed by atoms with E-state index in [0.717, 1.165) is 25.7 Å². The van der Waals surface area contributed by atoms with Crippen molar-refractivity contribution in [3.63, 3.8) is 0 Å². The molecule has 7 heteroatoms. The molecule has 0 amide bonds. The fourth-order valence-electron chi connectivity index (χ4n) is 2.46. The highest BCUT2D eigenvalue weighted by molar-refractivity contribution is 7.89. The second kappa shape index (κ2) is 6.44. The maximum absolute atomic E-state index is 11.9. The topological polar surface area (TPSA) is 95.7 Å². The first-order valence-electron chi connectivity index (χ1n) is 6.79. The second-order valence-corrected chi connectivity index (χ2v) is 6.65. The lowest BCUT2D eigenvalue weighted by atomic mass is 10.1. The number of methoxy groups -OCH3 is 1. The molecule has 1 saturated carbocycles. The summed E-state index contributed by atoms with van der Waals surface area (Å²) in [7, 11) is -2.36. The van der Waals surface area contributed by atoms with Gasteiger partial charge in [-0.25, -0.2) is 13.6 Å². The van der Waals surface area contributed by atoms with E-state index in [2.05, 4.69) is 0 Å². The van der Waals surface area contributed by atoms with E-state index >= 15 is 0 Å². The molecule has 6 nitrogen and oxygen atoms in total. The maximum Gasteiger partial charge on any atom is 0.310 e. The highest BCUT2D eigenvalue weighted by atomic mass is 32.2. The van der Waals surface area contributed by atoms with Crippen LogP contribution < -0.4 is 9.88 Å². The molecule has 0 radical (unpaired) electrons. The van der Waals surface area contributed by atoms with Gasteiger partial charge in [-0.2, -0.15) is 0 Å². The predicted molar refractivity (Wildman–Crippen MR) is 76.4 cm³/mol. The summed E-state index contributed by atoms with van der Waals surface area (Å²) in [6.45, 7) is 0. The third-order valence-corrected chi connectivity index (χ3v) is 4.43. The molecule has 0 aliphatic heterocycles. The summed E-state index contributed by atoms with van der Waals surface area (Å²) in [5, 5.41) is 5.10. The molecule has 0 saturated heterocycles. The van der Waals surface area contributed by atoms with E-state index in [1.165, 1.54) is 25.3 Å². The van der Waals surface area contributed by atoms with Gasteiger partial charge in [-0.15, -0.1) is 0 Å². The van der Waals surface area contributed by atoms with Crippen molar-refractivity contribution in [2.45, 2.75) is 43.1 Å². The molecular formula is C14H19NO5S. The number of primary sulfonamides is 1. The van der Waals surface area contributed by atoms with Crippen molar-refractivity contribution in [1.82, 2.24) is 0 Å². The van der Waals surface area contributed by atoms with Crippen molar-refractivity contribution in [3.05, 3.63) is 23.8 Å². The third kappa shape index (κ3) is 4.18. The van der Waals surface area contributed by atoms with Crippen molar-refractivity contribution < 1.29 is 22.7 Å². The quantitative estimate of drug-likeness (QED) is 0.828. The van der Waals surface area contributed by atoms with Crippen LogP contribution in [0.25, 0.3) is 0 Å². The third-order valence-electron chi connectivity index (χ3n) is 3.52. The summed E-state index contributed by atoms with van der Waals surface area (Å²) in [4.78, 5) is 11.9. The molecule has 1 fully saturated rings. The van der Waals surface area contributed by atoms with Gasteiger partial charge in [0.2, 0.25) is 10.0 Å². The second-order valence-electron chi connectivity index (χ2n) is 5.09. The Labute approximate surface area is 124 Å². The Kier molecular flexibility index (Phi) is 4.84. The van der Waals surface area contributed by atoms with E-state index in [9.17, 15) is 13.2 Å². The zero-order valence-electron chi connectivity index (χ0n) is 11.9. The van der Waals surface area contributed by atoms with Crippen molar-refractivity contribution in [3.8, 4) is 5.75 Å². The highest BCUT2D eigenvalue weighted by Gasteiger charge is 2.21. The number of benzene rings is 1. The van der Waals surface area contributed by atoms with Gasteiger partial charge in [0.25, 0.3) is 0 Å². The van der Waals surface area contributed by atoms with E-state index in [0.29, 0.717) is 11.3 Å². The van der Waals surface area contributed by atoms with Crippen LogP contribution in [-0.2, 0) is 26.0 Å². The van der Waals surface area contributed by atoms with Gasteiger partial charge in [0.15, 0.2) is 0 Å². The molecule has 116 valence electrons. The number of nitrogens with two attached hydrogens (primary N) is 1. The van der Waals surface area contributed by atoms with Gasteiger partial charge in [-0.3, -0.25) is 4.79 Å². The van der Waals surface area contributed by atoms with Crippen LogP contribution >= 0.6 is 0 Å². The van der Waals surface area contributed by atoms with Crippen LogP contribution in [0.4, 0.5) is 0 Å². The van der Waals surface area contributed by atoms with Crippen LogP contribution in [0.5, 0.6) is 5.75 Å². The van der Waals surface area contributed by atoms with Crippen LogP contribution in [-0.4, -0.2) is 27.6 Å². The van der Waals surface area contributed by atoms with Crippen LogP contribution in [0.1, 0.15) is 31.2 Å². The number of sulfonamides is 1. The normalized spacial score (nSPS) is 15.9. The number of ether oxygens (including phenoxy) is 2. The minimum absolute atomic E-state index is 0.0232. The lowest BCUT2D eigenvalue weighted by molar-refractivity contribution is -0.147. The first kappa shape index (κ1) is 15.8. The summed E-state index contributed by atoms with van der Waals surface area (Å²) in [6.07, 6.45) is 3.86. The smallest absolute Gasteiger partial charge is 0.310 e. The fourth-order valence-corrected chi connectivity index (χ4v) is 3.02. The Bertz CT molecular complexity index is 620. The van der Waals surface area contributed by atoms with Gasteiger partial charge in [0.1, 0.15) is 11.9 Å². The van der Waals surface area contributed by atoms with Crippen LogP contribution in [0.15, 0.2) is 23.1 Å². The molecule has 1 aromatic rings. The number of carbonyl (C=O) groups excluding carboxylic acids is 1. The Hall–Kier alpha value is -1.60. The number of hydrogen-bond donors (Lipinski definition) is 1. The molecule has 0 atom stereocenters. The van der Waals surface area contributed by atoms with Crippen molar-refractivity contribution >= 4 is 16.0 Å². The first-order valence-corrected chi connectivity index (χ1v) is 8.34. The fraction of sp³-hybridized carbons (Fsp3) is 0.500. The first-order chi connectivity index (χ1) is 9.90. The molecule has 0 unspecified atom stereocenters. The van der Waals surface area contributed by atoms with E-state index < -0.39 is 10.0 Å². The number of rotatable bonds is 5. The lowest BCUT2D eigenvalue weighted by Gasteiger charge is -2.13. The number of hydrogen-bond acceptors (Lipinski definition) is 5. The molecule has 2 rings (SSSR count). The Morgan fingerprint density at radius 1 is 1.33 bits per heavy atom. The minimum atomic E-state index is -3.82. The summed E-state index contributed by atoms with van der Waals surface area (Å²) in [6, 6.07) is 4.18. The van der Waals surface area contributed by atoms with Gasteiger partial charge in [0.05, 0.1) is 18.4 Å². The molecule has 0 heterocycles. The number of esters is 1. The molecule has 2 N–H and O–H groups in total.